The molecule has 1 aromatic heterocycles. The number of allylic oxidation sites excluding steroid dienone is 3. The normalized spacial score (nSPS) is 28.8. The van der Waals surface area contributed by atoms with Gasteiger partial charge in [-0.3, -0.25) is 14.4 Å². The van der Waals surface area contributed by atoms with Crippen molar-refractivity contribution >= 4 is 50.2 Å². The Morgan fingerprint density at radius 2 is 1.63 bits per heavy atom. The third-order valence-corrected chi connectivity index (χ3v) is 15.5. The van der Waals surface area contributed by atoms with Crippen LogP contribution < -0.4 is 15.1 Å². The molecule has 7 rings (SSSR count). The number of fused-ring (bicyclic) bond motifs is 2. The van der Waals surface area contributed by atoms with Crippen LogP contribution in [0.2, 0.25) is 0 Å². The van der Waals surface area contributed by atoms with Gasteiger partial charge in [-0.15, -0.1) is 0 Å². The Morgan fingerprint density at radius 3 is 2.28 bits per heavy atom. The number of aromatic nitrogens is 1. The second-order valence-corrected chi connectivity index (χ2v) is 20.8. The molecule has 0 saturated carbocycles. The van der Waals surface area contributed by atoms with Crippen molar-refractivity contribution < 1.29 is 43.5 Å². The lowest BCUT2D eigenvalue weighted by atomic mass is 9.77. The van der Waals surface area contributed by atoms with Crippen LogP contribution in [0.25, 0.3) is 33.0 Å². The lowest BCUT2D eigenvalue weighted by Gasteiger charge is -2.39. The fourth-order valence-corrected chi connectivity index (χ4v) is 10.3. The van der Waals surface area contributed by atoms with Gasteiger partial charge in [-0.25, -0.2) is 4.98 Å². The van der Waals surface area contributed by atoms with E-state index in [0.29, 0.717) is 35.2 Å². The molecule has 3 aliphatic rings. The highest BCUT2D eigenvalue weighted by Gasteiger charge is 2.49. The lowest BCUT2D eigenvalue weighted by Crippen LogP contribution is -2.45. The van der Waals surface area contributed by atoms with Gasteiger partial charge in [0.2, 0.25) is 0 Å². The molecule has 13 nitrogen and oxygen atoms in total. The van der Waals surface area contributed by atoms with Gasteiger partial charge in [-0.05, 0) is 101 Å². The van der Waals surface area contributed by atoms with Crippen molar-refractivity contribution in [1.29, 1.82) is 0 Å². The predicted molar refractivity (Wildman–Crippen MR) is 268 cm³/mol. The number of aromatic hydroxyl groups is 1. The van der Waals surface area contributed by atoms with Crippen LogP contribution in [0, 0.1) is 36.5 Å². The minimum atomic E-state index is -1.93. The van der Waals surface area contributed by atoms with Crippen molar-refractivity contribution in [3.63, 3.8) is 0 Å². The van der Waals surface area contributed by atoms with E-state index in [1.807, 2.05) is 33.8 Å². The van der Waals surface area contributed by atoms with Crippen molar-refractivity contribution in [2.24, 2.45) is 29.6 Å². The third-order valence-electron chi connectivity index (χ3n) is 15.5. The summed E-state index contributed by atoms with van der Waals surface area (Å²) in [6, 6.07) is 5.04. The van der Waals surface area contributed by atoms with Gasteiger partial charge >= 0.3 is 5.79 Å². The van der Waals surface area contributed by atoms with Crippen LogP contribution in [-0.4, -0.2) is 100 Å². The molecule has 4 heterocycles. The van der Waals surface area contributed by atoms with Crippen LogP contribution >= 0.6 is 0 Å². The molecule has 0 aliphatic carbocycles. The number of aliphatic hydroxyl groups is 2. The smallest absolute Gasteiger partial charge is 0.312 e. The number of methoxy groups -OCH3 is 1. The van der Waals surface area contributed by atoms with E-state index in [1.165, 1.54) is 20.1 Å². The van der Waals surface area contributed by atoms with Gasteiger partial charge in [-0.1, -0.05) is 59.8 Å². The quantitative estimate of drug-likeness (QED) is 0.124. The molecule has 68 heavy (non-hydrogen) atoms. The molecule has 0 radical (unpaired) electrons. The molecule has 3 N–H and O–H groups in total. The Kier molecular flexibility index (Phi) is 15.0. The van der Waals surface area contributed by atoms with Crippen LogP contribution in [0.15, 0.2) is 57.5 Å². The number of benzene rings is 3. The number of ether oxygens (including phenoxy) is 3. The molecule has 368 valence electrons. The van der Waals surface area contributed by atoms with E-state index in [4.69, 9.17) is 23.6 Å². The number of aliphatic hydroxyl groups excluding tert-OH is 2. The molecule has 3 aliphatic heterocycles. The monoisotopic (exact) mass is 936 g/mol. The largest absolute Gasteiger partial charge is 0.507 e. The summed E-state index contributed by atoms with van der Waals surface area (Å²) in [5.41, 5.74) is 3.05. The molecule has 0 unspecified atom stereocenters. The van der Waals surface area contributed by atoms with Crippen molar-refractivity contribution in [3.8, 4) is 11.5 Å². The number of rotatable bonds is 6. The Hall–Kier alpha value is -5.08. The fraction of sp³-hybridized carbons (Fsp3) is 0.564. The van der Waals surface area contributed by atoms with Gasteiger partial charge in [-0.2, -0.15) is 0 Å². The molecule has 1 saturated heterocycles. The minimum absolute atomic E-state index is 0.0136. The summed E-state index contributed by atoms with van der Waals surface area (Å²) in [4.78, 5) is 53.9. The van der Waals surface area contributed by atoms with E-state index in [2.05, 4.69) is 50.6 Å². The molecule has 1 fully saturated rings. The first-order valence-electron chi connectivity index (χ1n) is 24.5. The van der Waals surface area contributed by atoms with Crippen molar-refractivity contribution in [2.45, 2.75) is 144 Å². The van der Waals surface area contributed by atoms with Crippen molar-refractivity contribution in [1.82, 2.24) is 9.88 Å². The first-order valence-corrected chi connectivity index (χ1v) is 24.5. The highest BCUT2D eigenvalue weighted by atomic mass is 16.7. The van der Waals surface area contributed by atoms with Gasteiger partial charge in [0, 0.05) is 86.2 Å². The molecule has 4 bridgehead atoms. The zero-order chi connectivity index (χ0) is 49.7. The molecular weight excluding hydrogens is 863 g/mol. The Morgan fingerprint density at radius 1 is 0.941 bits per heavy atom. The summed E-state index contributed by atoms with van der Waals surface area (Å²) in [6.45, 7) is 22.9. The fourth-order valence-electron chi connectivity index (χ4n) is 10.3. The average Bonchev–Trinajstić information content (AvgIpc) is 3.57. The number of hydrogen-bond donors (Lipinski definition) is 3. The first kappa shape index (κ1) is 50.8. The van der Waals surface area contributed by atoms with Crippen LogP contribution in [0.3, 0.4) is 0 Å². The molecule has 13 heteroatoms. The number of hydrogen-bond acceptors (Lipinski definition) is 13. The summed E-state index contributed by atoms with van der Waals surface area (Å²) in [6.07, 6.45) is 8.47. The molecule has 4 aromatic rings. The van der Waals surface area contributed by atoms with Gasteiger partial charge in [0.25, 0.3) is 5.78 Å². The number of phenols is 1. The second kappa shape index (κ2) is 20.1. The number of carbonyl (C=O) groups is 2. The Bertz CT molecular complexity index is 2730. The molecule has 0 amide bonds. The third kappa shape index (κ3) is 9.60. The van der Waals surface area contributed by atoms with Crippen LogP contribution in [-0.2, 0) is 27.1 Å². The highest BCUT2D eigenvalue weighted by molar-refractivity contribution is 6.24. The van der Waals surface area contributed by atoms with Crippen molar-refractivity contribution in [2.75, 3.05) is 32.1 Å². The van der Waals surface area contributed by atoms with E-state index in [9.17, 15) is 29.7 Å². The standard InChI is InChI=1S/C55H73N3O10/c1-28(2)23-36-24-38(58-20-17-37(18-21-58)57(12)29(3)4)25-44-48(36)56-49-45-46-50(62)35(10)52-47(45)54(64)55(11,68-52)66-22-19-43(65-13)34(9)32(7)33(8)42(61)27-41(60)31(6)16-14-15-30(5)40(59)26-39(51(46)63)53(49)67-44/h14-16,19,22,24-25,28-29,31-34,37,41-43,60-61,63H,17-18,20-21,23,26-27H2,1-13H3/b16-14+,22-19+,30-15-/t31-,32-,33-,34-,41+,42+,43-,55-/m0/s1. The Balaban J connectivity index is 1.46. The predicted octanol–water partition coefficient (Wildman–Crippen LogP) is 9.14. The van der Waals surface area contributed by atoms with Gasteiger partial charge in [0.1, 0.15) is 22.5 Å². The highest BCUT2D eigenvalue weighted by Crippen LogP contribution is 2.47. The molecule has 3 aromatic carbocycles. The number of carbonyl (C=O) groups excluding carboxylic acids is 2. The van der Waals surface area contributed by atoms with Crippen LogP contribution in [0.4, 0.5) is 5.69 Å². The summed E-state index contributed by atoms with van der Waals surface area (Å²) in [5.74, 6) is -3.89. The maximum absolute atomic E-state index is 15.0. The number of ketones is 2. The van der Waals surface area contributed by atoms with E-state index < -0.39 is 41.1 Å². The minimum Gasteiger partial charge on any atom is -0.507 e. The topological polar surface area (TPSA) is 172 Å². The summed E-state index contributed by atoms with van der Waals surface area (Å²) >= 11 is 0. The van der Waals surface area contributed by atoms with E-state index >= 15 is 0 Å². The maximum atomic E-state index is 15.0. The van der Waals surface area contributed by atoms with Gasteiger partial charge in [0.15, 0.2) is 22.4 Å². The maximum Gasteiger partial charge on any atom is 0.312 e. The van der Waals surface area contributed by atoms with E-state index in [0.717, 1.165) is 37.2 Å². The van der Waals surface area contributed by atoms with Gasteiger partial charge in [0.05, 0.1) is 35.5 Å². The van der Waals surface area contributed by atoms with Crippen LogP contribution in [0.1, 0.15) is 116 Å². The average molecular weight is 936 g/mol. The number of nitrogens with zero attached hydrogens (tertiary/aromatic N) is 3. The van der Waals surface area contributed by atoms with E-state index in [1.54, 1.807) is 38.3 Å². The molecule has 0 spiro atoms. The number of anilines is 1. The number of phenolic OH excluding ortho intramolecular Hbond substituents is 1. The summed E-state index contributed by atoms with van der Waals surface area (Å²) in [5, 5.41) is 34.8. The summed E-state index contributed by atoms with van der Waals surface area (Å²) in [7, 11) is 3.76. The lowest BCUT2D eigenvalue weighted by molar-refractivity contribution is -0.114. The van der Waals surface area contributed by atoms with Gasteiger partial charge < -0.3 is 43.7 Å². The zero-order valence-electron chi connectivity index (χ0n) is 42.3. The number of Topliss-reactive ketones (excluding diaryl/α,β-unsaturated/α-hetero) is 2. The van der Waals surface area contributed by atoms with Crippen molar-refractivity contribution in [3.05, 3.63) is 80.7 Å². The first-order chi connectivity index (χ1) is 32.1. The van der Waals surface area contributed by atoms with Crippen LogP contribution in [0.5, 0.6) is 11.5 Å². The molecule has 8 atom stereocenters. The SMILES string of the molecule is CO[C@H]1/C=C/O[C@@]2(C)Oc3c(C)c(=O)c4c(O)c(c5oc6cc(N7CCC(N(C)C(C)C)CC7)cc(CC(C)C)c6nc5c4c3C2=O)CC(=O)/C(C)=C\C=C\[C@H](C)[C@H](O)C[C@@H](O)[C@@H](C)[C@H](C)[C@@H]1C. The Labute approximate surface area is 400 Å². The summed E-state index contributed by atoms with van der Waals surface area (Å²) < 4.78 is 25.4. The zero-order valence-corrected chi connectivity index (χ0v) is 42.3. The number of piperidine rings is 1. The molecular formula is C55H73N3O10. The second-order valence-electron chi connectivity index (χ2n) is 20.8. The van der Waals surface area contributed by atoms with E-state index in [-0.39, 0.29) is 92.5 Å².